The molecule has 0 N–H and O–H groups in total. The Labute approximate surface area is 634 Å². The van der Waals surface area contributed by atoms with Gasteiger partial charge in [-0.3, -0.25) is 13.7 Å². The second kappa shape index (κ2) is 25.8. The van der Waals surface area contributed by atoms with Crippen LogP contribution in [0.15, 0.2) is 396 Å². The van der Waals surface area contributed by atoms with Gasteiger partial charge < -0.3 is 27.0 Å². The molecular formula is C99H63N9O3. The predicted molar refractivity (Wildman–Crippen MR) is 452 cm³/mol. The molecule has 522 valence electrons. The summed E-state index contributed by atoms with van der Waals surface area (Å²) in [4.78, 5) is 13.9. The van der Waals surface area contributed by atoms with Gasteiger partial charge in [0.15, 0.2) is 0 Å². The zero-order valence-corrected chi connectivity index (χ0v) is 59.6. The van der Waals surface area contributed by atoms with E-state index < -0.39 is 0 Å². The maximum absolute atomic E-state index is 6.44. The number of benzene rings is 15. The van der Waals surface area contributed by atoms with Gasteiger partial charge in [0.25, 0.3) is 0 Å². The van der Waals surface area contributed by atoms with Gasteiger partial charge in [-0.2, -0.15) is 0 Å². The molecule has 0 atom stereocenters. The van der Waals surface area contributed by atoms with Crippen LogP contribution < -0.4 is 0 Å². The molecule has 9 heterocycles. The summed E-state index contributed by atoms with van der Waals surface area (Å²) in [6, 6.07) is 127. The van der Waals surface area contributed by atoms with E-state index in [-0.39, 0.29) is 0 Å². The Morgan fingerprint density at radius 3 is 0.874 bits per heavy atom. The third kappa shape index (κ3) is 10.1. The molecule has 0 aliphatic carbocycles. The quantitative estimate of drug-likeness (QED) is 0.142. The van der Waals surface area contributed by atoms with Crippen LogP contribution in [0.25, 0.3) is 200 Å². The van der Waals surface area contributed by atoms with Crippen molar-refractivity contribution in [1.82, 2.24) is 42.4 Å². The summed E-state index contributed by atoms with van der Waals surface area (Å²) < 4.78 is 32.8. The second-order valence-electron chi connectivity index (χ2n) is 27.8. The van der Waals surface area contributed by atoms with Crippen molar-refractivity contribution in [2.24, 2.45) is 0 Å². The molecule has 111 heavy (non-hydrogen) atoms. The van der Waals surface area contributed by atoms with E-state index in [1.807, 2.05) is 110 Å². The lowest BCUT2D eigenvalue weighted by molar-refractivity contribution is 0.553. The van der Waals surface area contributed by atoms with E-state index in [0.717, 1.165) is 77.9 Å². The molecule has 12 nitrogen and oxygen atoms in total. The minimum Gasteiger partial charge on any atom is -0.420 e. The first kappa shape index (κ1) is 63.0. The Kier molecular flexibility index (Phi) is 14.6. The molecule has 0 radical (unpaired) electrons. The molecule has 0 aliphatic heterocycles. The standard InChI is InChI=1S/3C33H21N3O/c1-3-11-22(12-4-1)33-34-21-32(37-33)36-29-18-10-8-16-25(29)27-19-26-24-15-7-9-17-28(24)35(30(26)20-31(27)36)23-13-5-2-6-14-23;1-3-11-22(12-4-1)33-34-21-30(37-33)36-29-18-10-8-16-25(29)27-20-19-26-24-15-7-9-17-28(24)35(31(26)32(27)36)23-13-5-2-6-14-23;1-3-11-22(12-4-1)33-34-21-30(37-33)36-27-18-10-8-16-25(27)32-29(36)20-19-28-31(32)24-15-7-9-17-26(24)35(28)23-13-5-2-6-14-23/h3*1-21H. The fourth-order valence-electron chi connectivity index (χ4n) is 17.0. The van der Waals surface area contributed by atoms with Crippen LogP contribution in [-0.2, 0) is 0 Å². The van der Waals surface area contributed by atoms with Crippen LogP contribution in [-0.4, -0.2) is 42.4 Å². The summed E-state index contributed by atoms with van der Waals surface area (Å²) in [5, 5.41) is 14.5. The molecule has 0 bridgehead atoms. The van der Waals surface area contributed by atoms with Crippen LogP contribution in [0.3, 0.4) is 0 Å². The summed E-state index contributed by atoms with van der Waals surface area (Å²) in [7, 11) is 0. The van der Waals surface area contributed by atoms with Crippen molar-refractivity contribution < 1.29 is 13.3 Å². The maximum atomic E-state index is 6.44. The Balaban J connectivity index is 0.000000102. The Morgan fingerprint density at radius 1 is 0.180 bits per heavy atom. The number of nitrogens with zero attached hydrogens (tertiary/aromatic N) is 9. The summed E-state index contributed by atoms with van der Waals surface area (Å²) >= 11 is 0. The predicted octanol–water partition coefficient (Wildman–Crippen LogP) is 25.6. The van der Waals surface area contributed by atoms with Gasteiger partial charge in [0, 0.05) is 98.4 Å². The first-order chi connectivity index (χ1) is 55.1. The van der Waals surface area contributed by atoms with Crippen LogP contribution in [0.5, 0.6) is 0 Å². The third-order valence-corrected chi connectivity index (χ3v) is 21.7. The first-order valence-corrected chi connectivity index (χ1v) is 37.2. The molecule has 9 aromatic heterocycles. The summed E-state index contributed by atoms with van der Waals surface area (Å²) in [5.41, 5.74) is 19.9. The fourth-order valence-corrected chi connectivity index (χ4v) is 17.0. The summed E-state index contributed by atoms with van der Waals surface area (Å²) in [6.45, 7) is 0. The third-order valence-electron chi connectivity index (χ3n) is 21.7. The molecule has 0 amide bonds. The van der Waals surface area contributed by atoms with Gasteiger partial charge in [-0.15, -0.1) is 0 Å². The van der Waals surface area contributed by atoms with Crippen LogP contribution >= 0.6 is 0 Å². The summed E-state index contributed by atoms with van der Waals surface area (Å²) in [5.74, 6) is 3.94. The number of oxazole rings is 3. The molecule has 12 heteroatoms. The van der Waals surface area contributed by atoms with Crippen molar-refractivity contribution in [3.05, 3.63) is 383 Å². The van der Waals surface area contributed by atoms with E-state index in [9.17, 15) is 0 Å². The van der Waals surface area contributed by atoms with Gasteiger partial charge in [0.05, 0.1) is 84.8 Å². The number of para-hydroxylation sites is 9. The monoisotopic (exact) mass is 1430 g/mol. The van der Waals surface area contributed by atoms with Crippen LogP contribution in [0.4, 0.5) is 0 Å². The van der Waals surface area contributed by atoms with E-state index in [1.54, 1.807) is 0 Å². The smallest absolute Gasteiger partial charge is 0.228 e. The highest BCUT2D eigenvalue weighted by Crippen LogP contribution is 2.46. The second-order valence-corrected chi connectivity index (χ2v) is 27.8. The molecule has 15 aromatic carbocycles. The zero-order chi connectivity index (χ0) is 73.0. The lowest BCUT2D eigenvalue weighted by Gasteiger charge is -2.10. The maximum Gasteiger partial charge on any atom is 0.228 e. The van der Waals surface area contributed by atoms with Gasteiger partial charge in [0.2, 0.25) is 35.3 Å². The van der Waals surface area contributed by atoms with E-state index in [2.05, 4.69) is 315 Å². The highest BCUT2D eigenvalue weighted by Gasteiger charge is 2.26. The molecule has 0 saturated heterocycles. The average molecular weight is 1430 g/mol. The van der Waals surface area contributed by atoms with Crippen molar-refractivity contribution in [2.75, 3.05) is 0 Å². The number of hydrogen-bond donors (Lipinski definition) is 0. The molecule has 24 aromatic rings. The summed E-state index contributed by atoms with van der Waals surface area (Å²) in [6.07, 6.45) is 5.49. The number of rotatable bonds is 9. The molecule has 24 rings (SSSR count). The van der Waals surface area contributed by atoms with Gasteiger partial charge in [-0.25, -0.2) is 15.0 Å². The molecule has 0 saturated carbocycles. The highest BCUT2D eigenvalue weighted by molar-refractivity contribution is 6.29. The lowest BCUT2D eigenvalue weighted by Crippen LogP contribution is -1.97. The van der Waals surface area contributed by atoms with E-state index in [4.69, 9.17) is 13.3 Å². The minimum atomic E-state index is 0.609. The minimum absolute atomic E-state index is 0.609. The zero-order valence-electron chi connectivity index (χ0n) is 59.6. The van der Waals surface area contributed by atoms with Gasteiger partial charge >= 0.3 is 0 Å². The van der Waals surface area contributed by atoms with Crippen LogP contribution in [0.1, 0.15) is 0 Å². The van der Waals surface area contributed by atoms with Gasteiger partial charge in [0.1, 0.15) is 0 Å². The normalized spacial score (nSPS) is 11.8. The highest BCUT2D eigenvalue weighted by atomic mass is 16.4. The van der Waals surface area contributed by atoms with E-state index in [1.165, 1.54) is 86.7 Å². The van der Waals surface area contributed by atoms with Crippen molar-refractivity contribution in [2.45, 2.75) is 0 Å². The molecule has 0 aliphatic rings. The number of aromatic nitrogens is 9. The molecule has 0 unspecified atom stereocenters. The van der Waals surface area contributed by atoms with Crippen molar-refractivity contribution in [1.29, 1.82) is 0 Å². The van der Waals surface area contributed by atoms with Crippen LogP contribution in [0, 0.1) is 0 Å². The average Bonchev–Trinajstić information content (AvgIpc) is 1.55. The number of fused-ring (bicyclic) bond motifs is 20. The first-order valence-electron chi connectivity index (χ1n) is 37.2. The van der Waals surface area contributed by atoms with Crippen molar-refractivity contribution >= 4 is 131 Å². The molecule has 0 fully saturated rings. The Bertz CT molecular complexity index is 7690. The molecule has 0 spiro atoms. The van der Waals surface area contributed by atoms with Gasteiger partial charge in [-0.1, -0.05) is 231 Å². The molecular weight excluding hydrogens is 1360 g/mol. The Hall–Kier alpha value is -15.3. The topological polar surface area (TPSA) is 108 Å². The lowest BCUT2D eigenvalue weighted by atomic mass is 10.1. The van der Waals surface area contributed by atoms with Crippen molar-refractivity contribution in [3.63, 3.8) is 0 Å². The van der Waals surface area contributed by atoms with E-state index in [0.29, 0.717) is 35.3 Å². The Morgan fingerprint density at radius 2 is 0.450 bits per heavy atom. The van der Waals surface area contributed by atoms with Crippen molar-refractivity contribution in [3.8, 4) is 69.1 Å². The SMILES string of the molecule is c1ccc(-c2ncc(-n3c4ccccc4c4c5c6ccccc6n(-c6ccccc6)c5ccc43)o2)cc1.c1ccc(-c2ncc(-n3c4ccccc4c4cc5c6ccccc6n(-c6ccccc6)c5cc43)o2)cc1.c1ccc(-c2ncc(-n3c4ccccc4c4ccc5c6ccccc6n(-c6ccccc6)c5c43)o2)cc1. The van der Waals surface area contributed by atoms with Crippen LogP contribution in [0.2, 0.25) is 0 Å². The fraction of sp³-hybridized carbons (Fsp3) is 0. The number of hydrogen-bond acceptors (Lipinski definition) is 6. The van der Waals surface area contributed by atoms with E-state index >= 15 is 0 Å². The largest absolute Gasteiger partial charge is 0.420 e. The van der Waals surface area contributed by atoms with Gasteiger partial charge in [-0.05, 0) is 133 Å².